The molecule has 3 atom stereocenters. The SMILES string of the molecule is COC1(c2ccnc(C#N)c2)[C@@H]2CCC[C@H]1CN(CC1CC1)C2. The topological polar surface area (TPSA) is 49.1 Å². The number of methoxy groups -OCH3 is 1. The number of aromatic nitrogens is 1. The van der Waals surface area contributed by atoms with Gasteiger partial charge in [-0.1, -0.05) is 6.42 Å². The fraction of sp³-hybridized carbons (Fsp3) is 0.684. The first-order chi connectivity index (χ1) is 11.3. The number of fused-ring (bicyclic) bond motifs is 2. The third-order valence-electron chi connectivity index (χ3n) is 6.15. The van der Waals surface area contributed by atoms with Gasteiger partial charge in [0.05, 0.1) is 0 Å². The van der Waals surface area contributed by atoms with Gasteiger partial charge in [-0.2, -0.15) is 5.26 Å². The minimum atomic E-state index is -0.229. The zero-order valence-electron chi connectivity index (χ0n) is 13.9. The largest absolute Gasteiger partial charge is 0.373 e. The number of hydrogen-bond acceptors (Lipinski definition) is 4. The highest BCUT2D eigenvalue weighted by atomic mass is 16.5. The van der Waals surface area contributed by atoms with E-state index in [1.54, 1.807) is 6.20 Å². The van der Waals surface area contributed by atoms with Crippen molar-refractivity contribution in [2.75, 3.05) is 26.7 Å². The summed E-state index contributed by atoms with van der Waals surface area (Å²) in [5.74, 6) is 1.98. The zero-order chi connectivity index (χ0) is 15.9. The quantitative estimate of drug-likeness (QED) is 0.858. The predicted octanol–water partition coefficient (Wildman–Crippen LogP) is 2.94. The standard InChI is InChI=1S/C19H25N3O/c1-23-19(15-7-8-21-18(9-15)10-20)16-3-2-4-17(19)13-22(12-16)11-14-5-6-14/h7-9,14,16-17H,2-6,11-13H2,1H3/t16-,17+,19?. The molecule has 0 radical (unpaired) electrons. The number of piperidine rings is 1. The van der Waals surface area contributed by atoms with Crippen molar-refractivity contribution in [3.8, 4) is 6.07 Å². The molecule has 1 aromatic rings. The average Bonchev–Trinajstić information content (AvgIpc) is 3.38. The summed E-state index contributed by atoms with van der Waals surface area (Å²) in [6.45, 7) is 3.53. The lowest BCUT2D eigenvalue weighted by Crippen LogP contribution is -2.59. The molecule has 2 aliphatic carbocycles. The number of hydrogen-bond donors (Lipinski definition) is 0. The molecule has 23 heavy (non-hydrogen) atoms. The summed E-state index contributed by atoms with van der Waals surface area (Å²) in [5, 5.41) is 9.21. The van der Waals surface area contributed by atoms with Crippen LogP contribution in [0.2, 0.25) is 0 Å². The second kappa shape index (κ2) is 5.89. The first-order valence-corrected chi connectivity index (χ1v) is 8.90. The normalized spacial score (nSPS) is 34.1. The Morgan fingerprint density at radius 3 is 2.65 bits per heavy atom. The van der Waals surface area contributed by atoms with E-state index in [1.807, 2.05) is 13.2 Å². The van der Waals surface area contributed by atoms with Gasteiger partial charge >= 0.3 is 0 Å². The molecule has 0 amide bonds. The van der Waals surface area contributed by atoms with Crippen molar-refractivity contribution < 1.29 is 4.74 Å². The zero-order valence-corrected chi connectivity index (χ0v) is 13.9. The van der Waals surface area contributed by atoms with Crippen LogP contribution in [0.15, 0.2) is 18.3 Å². The summed E-state index contributed by atoms with van der Waals surface area (Å²) in [6.07, 6.45) is 8.33. The lowest BCUT2D eigenvalue weighted by molar-refractivity contribution is -0.169. The van der Waals surface area contributed by atoms with Gasteiger partial charge in [0.15, 0.2) is 0 Å². The third-order valence-corrected chi connectivity index (χ3v) is 6.15. The van der Waals surface area contributed by atoms with Gasteiger partial charge in [0.1, 0.15) is 17.4 Å². The first-order valence-electron chi connectivity index (χ1n) is 8.90. The van der Waals surface area contributed by atoms with Crippen LogP contribution in [0.4, 0.5) is 0 Å². The maximum absolute atomic E-state index is 9.21. The summed E-state index contributed by atoms with van der Waals surface area (Å²) in [6, 6.07) is 6.19. The molecule has 2 bridgehead atoms. The number of pyridine rings is 1. The molecule has 0 spiro atoms. The van der Waals surface area contributed by atoms with E-state index in [0.29, 0.717) is 17.5 Å². The number of nitrogens with zero attached hydrogens (tertiary/aromatic N) is 3. The minimum Gasteiger partial charge on any atom is -0.373 e. The molecular formula is C19H25N3O. The van der Waals surface area contributed by atoms with E-state index in [9.17, 15) is 5.26 Å². The highest BCUT2D eigenvalue weighted by Crippen LogP contribution is 2.51. The summed E-state index contributed by atoms with van der Waals surface area (Å²) in [4.78, 5) is 6.82. The van der Waals surface area contributed by atoms with Crippen molar-refractivity contribution in [2.45, 2.75) is 37.7 Å². The lowest BCUT2D eigenvalue weighted by Gasteiger charge is -2.55. The molecular weight excluding hydrogens is 286 g/mol. The van der Waals surface area contributed by atoms with E-state index in [2.05, 4.69) is 22.0 Å². The first kappa shape index (κ1) is 15.1. The lowest BCUT2D eigenvalue weighted by atomic mass is 9.62. The van der Waals surface area contributed by atoms with E-state index in [0.717, 1.165) is 24.6 Å². The Balaban J connectivity index is 1.67. The van der Waals surface area contributed by atoms with Gasteiger partial charge in [0.25, 0.3) is 0 Å². The maximum atomic E-state index is 9.21. The van der Waals surface area contributed by atoms with Crippen molar-refractivity contribution in [3.05, 3.63) is 29.6 Å². The number of nitriles is 1. The number of ether oxygens (including phenoxy) is 1. The summed E-state index contributed by atoms with van der Waals surface area (Å²) < 4.78 is 6.24. The molecule has 0 aromatic carbocycles. The summed E-state index contributed by atoms with van der Waals surface area (Å²) in [7, 11) is 1.86. The van der Waals surface area contributed by atoms with Crippen LogP contribution in [0.5, 0.6) is 0 Å². The van der Waals surface area contributed by atoms with E-state index >= 15 is 0 Å². The Kier molecular flexibility index (Phi) is 3.87. The maximum Gasteiger partial charge on any atom is 0.140 e. The molecule has 2 heterocycles. The van der Waals surface area contributed by atoms with Crippen LogP contribution in [0, 0.1) is 29.1 Å². The number of likely N-dealkylation sites (tertiary alicyclic amines) is 1. The van der Waals surface area contributed by atoms with E-state index < -0.39 is 0 Å². The van der Waals surface area contributed by atoms with E-state index in [4.69, 9.17) is 4.74 Å². The molecule has 4 nitrogen and oxygen atoms in total. The van der Waals surface area contributed by atoms with Crippen molar-refractivity contribution in [1.29, 1.82) is 5.26 Å². The van der Waals surface area contributed by atoms with Crippen LogP contribution in [0.3, 0.4) is 0 Å². The molecule has 1 aromatic heterocycles. The molecule has 2 saturated carbocycles. The third kappa shape index (κ3) is 2.56. The predicted molar refractivity (Wildman–Crippen MR) is 87.6 cm³/mol. The Hall–Kier alpha value is -1.44. The average molecular weight is 311 g/mol. The second-order valence-corrected chi connectivity index (χ2v) is 7.53. The molecule has 3 aliphatic rings. The van der Waals surface area contributed by atoms with Crippen LogP contribution in [0.25, 0.3) is 0 Å². The van der Waals surface area contributed by atoms with Crippen LogP contribution in [0.1, 0.15) is 43.4 Å². The summed E-state index contributed by atoms with van der Waals surface area (Å²) in [5.41, 5.74) is 1.43. The Morgan fingerprint density at radius 1 is 1.30 bits per heavy atom. The molecule has 4 heteroatoms. The van der Waals surface area contributed by atoms with Crippen LogP contribution >= 0.6 is 0 Å². The van der Waals surface area contributed by atoms with Crippen molar-refractivity contribution in [1.82, 2.24) is 9.88 Å². The molecule has 1 saturated heterocycles. The van der Waals surface area contributed by atoms with Crippen LogP contribution in [-0.4, -0.2) is 36.6 Å². The molecule has 1 aliphatic heterocycles. The van der Waals surface area contributed by atoms with Gasteiger partial charge in [-0.3, -0.25) is 0 Å². The van der Waals surface area contributed by atoms with Crippen LogP contribution in [-0.2, 0) is 10.3 Å². The molecule has 3 fully saturated rings. The Morgan fingerprint density at radius 2 is 2.04 bits per heavy atom. The molecule has 122 valence electrons. The number of rotatable bonds is 4. The fourth-order valence-corrected chi connectivity index (χ4v) is 5.00. The fourth-order valence-electron chi connectivity index (χ4n) is 5.00. The second-order valence-electron chi connectivity index (χ2n) is 7.53. The smallest absolute Gasteiger partial charge is 0.140 e. The van der Waals surface area contributed by atoms with E-state index in [1.165, 1.54) is 38.6 Å². The Bertz CT molecular complexity index is 605. The molecule has 4 rings (SSSR count). The highest BCUT2D eigenvalue weighted by molar-refractivity contribution is 5.32. The van der Waals surface area contributed by atoms with Crippen molar-refractivity contribution in [2.24, 2.45) is 17.8 Å². The van der Waals surface area contributed by atoms with Gasteiger partial charge in [0, 0.05) is 44.8 Å². The van der Waals surface area contributed by atoms with E-state index in [-0.39, 0.29) is 5.60 Å². The molecule has 1 unspecified atom stereocenters. The van der Waals surface area contributed by atoms with Gasteiger partial charge in [-0.15, -0.1) is 0 Å². The summed E-state index contributed by atoms with van der Waals surface area (Å²) >= 11 is 0. The highest BCUT2D eigenvalue weighted by Gasteiger charge is 2.53. The van der Waals surface area contributed by atoms with Gasteiger partial charge in [0.2, 0.25) is 0 Å². The Labute approximate surface area is 138 Å². The van der Waals surface area contributed by atoms with Gasteiger partial charge in [-0.05, 0) is 49.3 Å². The van der Waals surface area contributed by atoms with Crippen molar-refractivity contribution >= 4 is 0 Å². The van der Waals surface area contributed by atoms with Gasteiger partial charge < -0.3 is 9.64 Å². The minimum absolute atomic E-state index is 0.229. The van der Waals surface area contributed by atoms with Crippen LogP contribution < -0.4 is 0 Å². The van der Waals surface area contributed by atoms with Crippen molar-refractivity contribution in [3.63, 3.8) is 0 Å². The van der Waals surface area contributed by atoms with Gasteiger partial charge in [-0.25, -0.2) is 4.98 Å². The molecule has 0 N–H and O–H groups in total. The monoisotopic (exact) mass is 311 g/mol.